The van der Waals surface area contributed by atoms with Crippen LogP contribution < -0.4 is 4.89 Å². The Morgan fingerprint density at radius 1 is 0.330 bits per heavy atom. The van der Waals surface area contributed by atoms with Gasteiger partial charge in [-0.15, -0.1) is 0 Å². The maximum Gasteiger partial charge on any atom is 0.306 e. The average Bonchev–Trinajstić information content (AvgIpc) is 1.56. The van der Waals surface area contributed by atoms with Gasteiger partial charge in [0.2, 0.25) is 0 Å². The highest BCUT2D eigenvalue weighted by atomic mass is 31.2. The van der Waals surface area contributed by atoms with Gasteiger partial charge >= 0.3 is 11.9 Å². The fourth-order valence-electron chi connectivity index (χ4n) is 9.77. The molecule has 2 atom stereocenters. The van der Waals surface area contributed by atoms with E-state index in [2.05, 4.69) is 196 Å². The fraction of sp³-hybridized carbons (Fsp3) is 0.619. The van der Waals surface area contributed by atoms with Crippen molar-refractivity contribution < 1.29 is 42.1 Å². The normalized spacial score (nSPS) is 14.1. The summed E-state index contributed by atoms with van der Waals surface area (Å²) in [6, 6.07) is 0. The molecule has 0 amide bonds. The van der Waals surface area contributed by atoms with Gasteiger partial charge < -0.3 is 27.9 Å². The molecule has 532 valence electrons. The minimum absolute atomic E-state index is 0.0432. The van der Waals surface area contributed by atoms with Crippen LogP contribution in [-0.2, 0) is 32.7 Å². The molecular weight excluding hydrogens is 1180 g/mol. The molecule has 0 saturated heterocycles. The second-order valence-electron chi connectivity index (χ2n) is 25.5. The molecule has 0 aromatic carbocycles. The van der Waals surface area contributed by atoms with Crippen molar-refractivity contribution in [2.45, 2.75) is 290 Å². The van der Waals surface area contributed by atoms with Gasteiger partial charge in [-0.05, 0) is 135 Å². The van der Waals surface area contributed by atoms with Crippen LogP contribution in [-0.4, -0.2) is 70.0 Å². The number of rotatable bonds is 67. The molecule has 0 fully saturated rings. The summed E-state index contributed by atoms with van der Waals surface area (Å²) in [6.45, 7) is 3.99. The van der Waals surface area contributed by atoms with Crippen LogP contribution in [0.2, 0.25) is 0 Å². The van der Waals surface area contributed by atoms with E-state index in [1.165, 1.54) is 103 Å². The molecule has 0 radical (unpaired) electrons. The predicted octanol–water partition coefficient (Wildman–Crippen LogP) is 24.4. The van der Waals surface area contributed by atoms with Gasteiger partial charge in [0.05, 0.1) is 27.7 Å². The topological polar surface area (TPSA) is 111 Å². The maximum absolute atomic E-state index is 12.9. The minimum atomic E-state index is -4.66. The first kappa shape index (κ1) is 89.1. The Bertz CT molecular complexity index is 2240. The third kappa shape index (κ3) is 76.1. The van der Waals surface area contributed by atoms with Crippen molar-refractivity contribution >= 4 is 19.8 Å². The first-order chi connectivity index (χ1) is 46.0. The number of carbonyl (C=O) groups is 2. The lowest BCUT2D eigenvalue weighted by Gasteiger charge is -2.28. The highest BCUT2D eigenvalue weighted by Crippen LogP contribution is 2.38. The number of allylic oxidation sites excluding steroid dienone is 30. The van der Waals surface area contributed by atoms with Crippen LogP contribution in [0.4, 0.5) is 0 Å². The van der Waals surface area contributed by atoms with Crippen LogP contribution >= 0.6 is 7.82 Å². The van der Waals surface area contributed by atoms with Crippen molar-refractivity contribution in [3.05, 3.63) is 182 Å². The van der Waals surface area contributed by atoms with E-state index in [-0.39, 0.29) is 26.1 Å². The number of hydrogen-bond donors (Lipinski definition) is 0. The molecule has 0 aromatic rings. The Morgan fingerprint density at radius 3 is 0.851 bits per heavy atom. The highest BCUT2D eigenvalue weighted by Gasteiger charge is 2.22. The monoisotopic (exact) mass is 1320 g/mol. The van der Waals surface area contributed by atoms with Crippen LogP contribution in [0.3, 0.4) is 0 Å². The number of ether oxygens (including phenoxy) is 2. The van der Waals surface area contributed by atoms with Crippen molar-refractivity contribution in [1.82, 2.24) is 0 Å². The second kappa shape index (κ2) is 72.4. The smallest absolute Gasteiger partial charge is 0.306 e. The number of nitrogens with zero attached hydrogens (tertiary/aromatic N) is 1. The second-order valence-corrected chi connectivity index (χ2v) is 27.0. The molecular formula is C84H138NO8P. The molecule has 2 unspecified atom stereocenters. The summed E-state index contributed by atoms with van der Waals surface area (Å²) in [5, 5.41) is 0. The van der Waals surface area contributed by atoms with Crippen molar-refractivity contribution in [3.8, 4) is 0 Å². The summed E-state index contributed by atoms with van der Waals surface area (Å²) in [6.07, 6.45) is 111. The Hall–Kier alpha value is -4.89. The van der Waals surface area contributed by atoms with Crippen LogP contribution in [0, 0.1) is 0 Å². The third-order valence-corrected chi connectivity index (χ3v) is 16.4. The Balaban J connectivity index is 4.12. The average molecular weight is 1320 g/mol. The summed E-state index contributed by atoms with van der Waals surface area (Å²) < 4.78 is 34.3. The predicted molar refractivity (Wildman–Crippen MR) is 406 cm³/mol. The lowest BCUT2D eigenvalue weighted by Crippen LogP contribution is -2.37. The van der Waals surface area contributed by atoms with Crippen LogP contribution in [0.1, 0.15) is 284 Å². The van der Waals surface area contributed by atoms with Gasteiger partial charge in [0.25, 0.3) is 7.82 Å². The van der Waals surface area contributed by atoms with E-state index in [9.17, 15) is 19.0 Å². The first-order valence-corrected chi connectivity index (χ1v) is 39.0. The number of hydrogen-bond acceptors (Lipinski definition) is 8. The maximum atomic E-state index is 12.9. The summed E-state index contributed by atoms with van der Waals surface area (Å²) in [7, 11) is 1.14. The molecule has 0 aliphatic rings. The quantitative estimate of drug-likeness (QED) is 0.0195. The lowest BCUT2D eigenvalue weighted by molar-refractivity contribution is -0.870. The first-order valence-electron chi connectivity index (χ1n) is 37.5. The number of phosphoric acid groups is 1. The van der Waals surface area contributed by atoms with Crippen molar-refractivity contribution in [3.63, 3.8) is 0 Å². The molecule has 0 rings (SSSR count). The van der Waals surface area contributed by atoms with Crippen molar-refractivity contribution in [2.75, 3.05) is 47.5 Å². The third-order valence-electron chi connectivity index (χ3n) is 15.4. The lowest BCUT2D eigenvalue weighted by atomic mass is 10.0. The van der Waals surface area contributed by atoms with Gasteiger partial charge in [-0.3, -0.25) is 14.2 Å². The molecule has 0 N–H and O–H groups in total. The van der Waals surface area contributed by atoms with Crippen LogP contribution in [0.15, 0.2) is 182 Å². The Morgan fingerprint density at radius 2 is 0.574 bits per heavy atom. The number of carbonyl (C=O) groups excluding carboxylic acids is 2. The van der Waals surface area contributed by atoms with Gasteiger partial charge in [0, 0.05) is 12.8 Å². The summed E-state index contributed by atoms with van der Waals surface area (Å²) in [5.41, 5.74) is 0. The van der Waals surface area contributed by atoms with Gasteiger partial charge in [-0.25, -0.2) is 0 Å². The highest BCUT2D eigenvalue weighted by molar-refractivity contribution is 7.45. The van der Waals surface area contributed by atoms with Gasteiger partial charge in [-0.2, -0.15) is 0 Å². The Labute approximate surface area is 578 Å². The van der Waals surface area contributed by atoms with Gasteiger partial charge in [0.1, 0.15) is 19.8 Å². The molecule has 0 saturated carbocycles. The SMILES string of the molecule is CC/C=C\C/C=C\C/C=C\C/C=C\C/C=C\C/C=C\C/C=C\C/C=C\C/C=C\C/C=C\C/C=C\CCCCCCCC(=O)OC(COC(=O)CCCCCCCCCCCCCCCCCCCC/C=C\C/C=C\C/C=C\C/C=C\CC)COP(=O)([O-])OCC[N+](C)(C)C. The number of unbranched alkanes of at least 4 members (excludes halogenated alkanes) is 23. The fourth-order valence-corrected chi connectivity index (χ4v) is 10.5. The van der Waals surface area contributed by atoms with Crippen LogP contribution in [0.5, 0.6) is 0 Å². The number of likely N-dealkylation sites (N-methyl/N-ethyl adjacent to an activating group) is 1. The molecule has 10 heteroatoms. The summed E-state index contributed by atoms with van der Waals surface area (Å²) in [4.78, 5) is 38.1. The molecule has 0 aromatic heterocycles. The van der Waals surface area contributed by atoms with E-state index >= 15 is 0 Å². The van der Waals surface area contributed by atoms with E-state index in [1.807, 2.05) is 21.1 Å². The summed E-state index contributed by atoms with van der Waals surface area (Å²) in [5.74, 6) is -0.860. The van der Waals surface area contributed by atoms with E-state index in [0.717, 1.165) is 148 Å². The minimum Gasteiger partial charge on any atom is -0.756 e. The Kier molecular flexibility index (Phi) is 68.6. The molecule has 0 aliphatic carbocycles. The van der Waals surface area contributed by atoms with Crippen molar-refractivity contribution in [1.29, 1.82) is 0 Å². The van der Waals surface area contributed by atoms with Crippen LogP contribution in [0.25, 0.3) is 0 Å². The molecule has 0 aliphatic heterocycles. The largest absolute Gasteiger partial charge is 0.756 e. The van der Waals surface area contributed by atoms with Gasteiger partial charge in [-0.1, -0.05) is 318 Å². The number of quaternary nitrogens is 1. The van der Waals surface area contributed by atoms with Gasteiger partial charge in [0.15, 0.2) is 6.10 Å². The van der Waals surface area contributed by atoms with E-state index in [4.69, 9.17) is 18.5 Å². The zero-order valence-electron chi connectivity index (χ0n) is 60.6. The van der Waals surface area contributed by atoms with E-state index < -0.39 is 32.5 Å². The molecule has 9 nitrogen and oxygen atoms in total. The molecule has 94 heavy (non-hydrogen) atoms. The summed E-state index contributed by atoms with van der Waals surface area (Å²) >= 11 is 0. The zero-order chi connectivity index (χ0) is 68.3. The molecule has 0 bridgehead atoms. The molecule has 0 spiro atoms. The van der Waals surface area contributed by atoms with E-state index in [1.54, 1.807) is 0 Å². The zero-order valence-corrected chi connectivity index (χ0v) is 61.5. The molecule has 0 heterocycles. The number of esters is 2. The standard InChI is InChI=1S/C84H138NO8P/c1-6-8-10-12-14-16-18-20-22-24-26-28-30-32-34-36-38-39-40-41-42-43-44-45-47-49-51-53-55-57-59-61-63-65-67-69-71-73-75-77-84(87)93-82(81-92-94(88,89)91-79-78-85(3,4)5)80-90-83(86)76-74-72-70-68-66-64-62-60-58-56-54-52-50-48-46-37-35-33-31-29-27-25-23-21-19-17-15-13-11-9-7-2/h8-11,14-17,20-23,26-29,32,34,38-39,41-42,44-45,49,51,55,57,61,63,82H,6-7,12-13,18-19,24-25,30-31,33,35-37,40,43,46-48,50,52-54,56,58-60,62,64-81H2,1-5H3/b10-8-,11-9-,16-14-,17-15-,22-20-,23-21-,28-26-,29-27-,34-32-,39-38-,42-41-,45-44-,51-49-,57-55-,63-61-. The van der Waals surface area contributed by atoms with E-state index in [0.29, 0.717) is 17.4 Å². The number of phosphoric ester groups is 1. The van der Waals surface area contributed by atoms with Crippen molar-refractivity contribution in [2.24, 2.45) is 0 Å².